The lowest BCUT2D eigenvalue weighted by molar-refractivity contribution is 0.0731. The highest BCUT2D eigenvalue weighted by Crippen LogP contribution is 2.27. The average Bonchev–Trinajstić information content (AvgIpc) is 2.45. The van der Waals surface area contributed by atoms with E-state index in [4.69, 9.17) is 10.5 Å². The highest BCUT2D eigenvalue weighted by atomic mass is 16.5. The van der Waals surface area contributed by atoms with Crippen molar-refractivity contribution in [3.63, 3.8) is 0 Å². The van der Waals surface area contributed by atoms with Crippen molar-refractivity contribution >= 4 is 11.7 Å². The minimum atomic E-state index is -0.599. The number of benzene rings is 2. The van der Waals surface area contributed by atoms with E-state index in [9.17, 15) is 9.90 Å². The van der Waals surface area contributed by atoms with E-state index in [-0.39, 0.29) is 11.3 Å². The smallest absolute Gasteiger partial charge is 0.347 e. The molecule has 2 rings (SSSR count). The molecule has 0 saturated heterocycles. The molecule has 0 fully saturated rings. The number of aromatic hydroxyl groups is 1. The summed E-state index contributed by atoms with van der Waals surface area (Å²) in [4.78, 5) is 12.2. The third-order valence-electron chi connectivity index (χ3n) is 3.71. The van der Waals surface area contributed by atoms with Crippen LogP contribution in [0.1, 0.15) is 47.7 Å². The first-order chi connectivity index (χ1) is 10.4. The van der Waals surface area contributed by atoms with Crippen LogP contribution in [0.25, 0.3) is 0 Å². The fraction of sp³-hybridized carbons (Fsp3) is 0.278. The molecule has 22 heavy (non-hydrogen) atoms. The van der Waals surface area contributed by atoms with Gasteiger partial charge in [0, 0.05) is 11.8 Å². The molecule has 2 aromatic rings. The van der Waals surface area contributed by atoms with E-state index in [1.807, 2.05) is 13.0 Å². The number of aryl methyl sites for hydroxylation is 1. The van der Waals surface area contributed by atoms with Gasteiger partial charge in [-0.15, -0.1) is 0 Å². The van der Waals surface area contributed by atoms with Gasteiger partial charge >= 0.3 is 5.97 Å². The number of nitrogens with two attached hydrogens (primary N) is 1. The number of hydrogen-bond donors (Lipinski definition) is 2. The second kappa shape index (κ2) is 6.52. The van der Waals surface area contributed by atoms with Crippen LogP contribution in [0.2, 0.25) is 0 Å². The van der Waals surface area contributed by atoms with E-state index >= 15 is 0 Å². The number of carbonyl (C=O) groups is 1. The van der Waals surface area contributed by atoms with Crippen molar-refractivity contribution in [3.8, 4) is 11.5 Å². The molecule has 4 nitrogen and oxygen atoms in total. The third-order valence-corrected chi connectivity index (χ3v) is 3.71. The summed E-state index contributed by atoms with van der Waals surface area (Å²) in [5, 5.41) is 9.79. The zero-order chi connectivity index (χ0) is 16.3. The molecule has 0 saturated carbocycles. The summed E-state index contributed by atoms with van der Waals surface area (Å²) in [7, 11) is 0. The number of hydrogen-bond acceptors (Lipinski definition) is 4. The Balaban J connectivity index is 2.26. The fourth-order valence-corrected chi connectivity index (χ4v) is 2.24. The van der Waals surface area contributed by atoms with Crippen molar-refractivity contribution < 1.29 is 14.6 Å². The van der Waals surface area contributed by atoms with Crippen LogP contribution in [0.5, 0.6) is 11.5 Å². The van der Waals surface area contributed by atoms with Gasteiger partial charge in [0.15, 0.2) is 0 Å². The zero-order valence-electron chi connectivity index (χ0n) is 13.1. The molecule has 0 bridgehead atoms. The topological polar surface area (TPSA) is 72.5 Å². The van der Waals surface area contributed by atoms with Crippen LogP contribution >= 0.6 is 0 Å². The summed E-state index contributed by atoms with van der Waals surface area (Å²) in [5.41, 5.74) is 8.21. The second-order valence-electron chi connectivity index (χ2n) is 5.55. The fourth-order valence-electron chi connectivity index (χ4n) is 2.24. The first-order valence-corrected chi connectivity index (χ1v) is 7.33. The van der Waals surface area contributed by atoms with Crippen LogP contribution in [0, 0.1) is 6.92 Å². The molecular formula is C18H21NO3. The molecule has 4 heteroatoms. The molecule has 116 valence electrons. The minimum absolute atomic E-state index is 0.0980. The monoisotopic (exact) mass is 299 g/mol. The normalized spacial score (nSPS) is 12.0. The maximum absolute atomic E-state index is 12.2. The lowest BCUT2D eigenvalue weighted by Gasteiger charge is -2.13. The Kier molecular flexibility index (Phi) is 4.71. The quantitative estimate of drug-likeness (QED) is 0.508. The zero-order valence-corrected chi connectivity index (χ0v) is 13.1. The minimum Gasteiger partial charge on any atom is -0.507 e. The highest BCUT2D eigenvalue weighted by Gasteiger charge is 2.15. The van der Waals surface area contributed by atoms with Crippen LogP contribution in [-0.2, 0) is 0 Å². The predicted octanol–water partition coefficient (Wildman–Crippen LogP) is 4.02. The van der Waals surface area contributed by atoms with E-state index in [0.717, 1.165) is 17.5 Å². The van der Waals surface area contributed by atoms with Crippen molar-refractivity contribution in [2.75, 3.05) is 5.73 Å². The first-order valence-electron chi connectivity index (χ1n) is 7.33. The number of anilines is 1. The van der Waals surface area contributed by atoms with E-state index in [0.29, 0.717) is 17.4 Å². The van der Waals surface area contributed by atoms with Crippen molar-refractivity contribution in [2.45, 2.75) is 33.1 Å². The summed E-state index contributed by atoms with van der Waals surface area (Å²) in [6, 6.07) is 10.1. The van der Waals surface area contributed by atoms with E-state index in [1.54, 1.807) is 12.1 Å². The summed E-state index contributed by atoms with van der Waals surface area (Å²) >= 11 is 0. The molecule has 0 aromatic heterocycles. The van der Waals surface area contributed by atoms with Gasteiger partial charge in [-0.3, -0.25) is 0 Å². The summed E-state index contributed by atoms with van der Waals surface area (Å²) in [6.07, 6.45) is 1.01. The van der Waals surface area contributed by atoms with Gasteiger partial charge in [0.1, 0.15) is 17.1 Å². The van der Waals surface area contributed by atoms with Crippen LogP contribution in [0.4, 0.5) is 5.69 Å². The molecule has 0 spiro atoms. The Morgan fingerprint density at radius 1 is 1.27 bits per heavy atom. The number of phenols is 1. The lowest BCUT2D eigenvalue weighted by Crippen LogP contribution is -2.09. The molecule has 0 radical (unpaired) electrons. The van der Waals surface area contributed by atoms with Gasteiger partial charge in [-0.2, -0.15) is 0 Å². The van der Waals surface area contributed by atoms with Crippen molar-refractivity contribution in [2.24, 2.45) is 0 Å². The number of rotatable bonds is 4. The SMILES string of the molecule is CCC(C)c1cc(C)cc(OC(=O)c2ccc(N)cc2O)c1. The number of ether oxygens (including phenoxy) is 1. The molecular weight excluding hydrogens is 278 g/mol. The van der Waals surface area contributed by atoms with E-state index < -0.39 is 5.97 Å². The summed E-state index contributed by atoms with van der Waals surface area (Å²) < 4.78 is 5.40. The average molecular weight is 299 g/mol. The molecule has 0 aliphatic heterocycles. The summed E-state index contributed by atoms with van der Waals surface area (Å²) in [6.45, 7) is 6.21. The van der Waals surface area contributed by atoms with Gasteiger partial charge in [0.25, 0.3) is 0 Å². The predicted molar refractivity (Wildman–Crippen MR) is 87.4 cm³/mol. The van der Waals surface area contributed by atoms with Gasteiger partial charge in [-0.05, 0) is 54.7 Å². The largest absolute Gasteiger partial charge is 0.507 e. The Morgan fingerprint density at radius 3 is 2.64 bits per heavy atom. The Morgan fingerprint density at radius 2 is 2.00 bits per heavy atom. The maximum atomic E-state index is 12.2. The molecule has 2 aromatic carbocycles. The van der Waals surface area contributed by atoms with Gasteiger partial charge in [0.2, 0.25) is 0 Å². The molecule has 1 atom stereocenters. The molecule has 3 N–H and O–H groups in total. The molecule has 0 aliphatic rings. The van der Waals surface area contributed by atoms with Crippen molar-refractivity contribution in [3.05, 3.63) is 53.1 Å². The van der Waals surface area contributed by atoms with Crippen LogP contribution in [0.3, 0.4) is 0 Å². The van der Waals surface area contributed by atoms with E-state index in [2.05, 4.69) is 19.9 Å². The molecule has 0 heterocycles. The van der Waals surface area contributed by atoms with Crippen molar-refractivity contribution in [1.82, 2.24) is 0 Å². The van der Waals surface area contributed by atoms with E-state index in [1.165, 1.54) is 12.1 Å². The van der Waals surface area contributed by atoms with Gasteiger partial charge in [-0.1, -0.05) is 19.9 Å². The standard InChI is InChI=1S/C18H21NO3/c1-4-12(3)13-7-11(2)8-15(9-13)22-18(21)16-6-5-14(19)10-17(16)20/h5-10,12,20H,4,19H2,1-3H3. The Hall–Kier alpha value is -2.49. The third kappa shape index (κ3) is 3.58. The Labute approximate surface area is 130 Å². The molecule has 1 unspecified atom stereocenters. The highest BCUT2D eigenvalue weighted by molar-refractivity contribution is 5.94. The van der Waals surface area contributed by atoms with Crippen LogP contribution in [0.15, 0.2) is 36.4 Å². The number of phenolic OH excluding ortho intramolecular Hbond substituents is 1. The Bertz CT molecular complexity index is 695. The van der Waals surface area contributed by atoms with Crippen LogP contribution < -0.4 is 10.5 Å². The number of nitrogen functional groups attached to an aromatic ring is 1. The first kappa shape index (κ1) is 15.9. The van der Waals surface area contributed by atoms with Crippen molar-refractivity contribution in [1.29, 1.82) is 0 Å². The number of carbonyl (C=O) groups excluding carboxylic acids is 1. The van der Waals surface area contributed by atoms with Gasteiger partial charge in [-0.25, -0.2) is 4.79 Å². The lowest BCUT2D eigenvalue weighted by atomic mass is 9.97. The second-order valence-corrected chi connectivity index (χ2v) is 5.55. The summed E-state index contributed by atoms with van der Waals surface area (Å²) in [5.74, 6) is 0.0943. The molecule has 0 amide bonds. The van der Waals surface area contributed by atoms with Gasteiger partial charge in [0.05, 0.1) is 0 Å². The maximum Gasteiger partial charge on any atom is 0.347 e. The van der Waals surface area contributed by atoms with Gasteiger partial charge < -0.3 is 15.6 Å². The number of esters is 1. The van der Waals surface area contributed by atoms with Crippen LogP contribution in [-0.4, -0.2) is 11.1 Å². The molecule has 0 aliphatic carbocycles.